The third kappa shape index (κ3) is 3.24. The second-order valence-electron chi connectivity index (χ2n) is 6.42. The molecule has 5 nitrogen and oxygen atoms in total. The SMILES string of the molecule is CCc1noc(C)c1C(=O)N[C@@H](c1ccccc1)c1cc2ccccc2o1. The first-order chi connectivity index (χ1) is 13.2. The summed E-state index contributed by atoms with van der Waals surface area (Å²) in [5.74, 6) is 0.976. The van der Waals surface area contributed by atoms with Gasteiger partial charge < -0.3 is 14.3 Å². The van der Waals surface area contributed by atoms with E-state index < -0.39 is 6.04 Å². The maximum atomic E-state index is 13.0. The summed E-state index contributed by atoms with van der Waals surface area (Å²) in [5.41, 5.74) is 2.88. The second-order valence-corrected chi connectivity index (χ2v) is 6.42. The van der Waals surface area contributed by atoms with Gasteiger partial charge in [0.1, 0.15) is 28.7 Å². The predicted molar refractivity (Wildman–Crippen MR) is 103 cm³/mol. The molecule has 0 aliphatic heterocycles. The lowest BCUT2D eigenvalue weighted by molar-refractivity contribution is 0.0937. The largest absolute Gasteiger partial charge is 0.459 e. The fourth-order valence-corrected chi connectivity index (χ4v) is 3.26. The summed E-state index contributed by atoms with van der Waals surface area (Å²) in [5, 5.41) is 8.08. The van der Waals surface area contributed by atoms with Gasteiger partial charge in [0.05, 0.1) is 5.69 Å². The molecule has 0 fully saturated rings. The summed E-state index contributed by atoms with van der Waals surface area (Å²) >= 11 is 0. The van der Waals surface area contributed by atoms with Crippen LogP contribution in [0.1, 0.15) is 46.1 Å². The van der Waals surface area contributed by atoms with Gasteiger partial charge in [-0.2, -0.15) is 0 Å². The van der Waals surface area contributed by atoms with E-state index in [4.69, 9.17) is 8.94 Å². The van der Waals surface area contributed by atoms with Crippen LogP contribution in [0.15, 0.2) is 69.6 Å². The van der Waals surface area contributed by atoms with Crippen molar-refractivity contribution in [3.05, 3.63) is 89.0 Å². The van der Waals surface area contributed by atoms with Crippen molar-refractivity contribution >= 4 is 16.9 Å². The number of aryl methyl sites for hydroxylation is 2. The average Bonchev–Trinajstić information content (AvgIpc) is 3.29. The van der Waals surface area contributed by atoms with E-state index in [-0.39, 0.29) is 5.91 Å². The number of hydrogen-bond acceptors (Lipinski definition) is 4. The van der Waals surface area contributed by atoms with Crippen molar-refractivity contribution < 1.29 is 13.7 Å². The first-order valence-corrected chi connectivity index (χ1v) is 8.96. The first kappa shape index (κ1) is 17.1. The van der Waals surface area contributed by atoms with E-state index in [1.165, 1.54) is 0 Å². The molecule has 0 aliphatic carbocycles. The summed E-state index contributed by atoms with van der Waals surface area (Å²) in [6, 6.07) is 19.1. The van der Waals surface area contributed by atoms with Gasteiger partial charge in [-0.15, -0.1) is 0 Å². The number of furan rings is 1. The van der Waals surface area contributed by atoms with Crippen molar-refractivity contribution in [1.29, 1.82) is 0 Å². The highest BCUT2D eigenvalue weighted by atomic mass is 16.5. The van der Waals surface area contributed by atoms with Crippen LogP contribution in [0.25, 0.3) is 11.0 Å². The number of fused-ring (bicyclic) bond motifs is 1. The standard InChI is InChI=1S/C22H20N2O3/c1-3-17-20(14(2)27-24-17)22(25)23-21(15-9-5-4-6-10-15)19-13-16-11-7-8-12-18(16)26-19/h4-13,21H,3H2,1-2H3,(H,23,25)/t21-/m0/s1. The molecular formula is C22H20N2O3. The zero-order valence-corrected chi connectivity index (χ0v) is 15.2. The summed E-state index contributed by atoms with van der Waals surface area (Å²) in [4.78, 5) is 13.0. The lowest BCUT2D eigenvalue weighted by atomic mass is 10.0. The van der Waals surface area contributed by atoms with E-state index in [0.29, 0.717) is 29.2 Å². The molecule has 0 radical (unpaired) electrons. The molecule has 2 aromatic carbocycles. The van der Waals surface area contributed by atoms with Crippen molar-refractivity contribution in [2.75, 3.05) is 0 Å². The van der Waals surface area contributed by atoms with Gasteiger partial charge in [-0.1, -0.05) is 60.6 Å². The van der Waals surface area contributed by atoms with Crippen LogP contribution in [0, 0.1) is 6.92 Å². The van der Waals surface area contributed by atoms with Crippen LogP contribution < -0.4 is 5.32 Å². The second kappa shape index (κ2) is 7.11. The molecule has 5 heteroatoms. The molecule has 136 valence electrons. The lowest BCUT2D eigenvalue weighted by Gasteiger charge is -2.17. The Morgan fingerprint density at radius 1 is 1.11 bits per heavy atom. The molecule has 0 saturated heterocycles. The molecule has 0 saturated carbocycles. The van der Waals surface area contributed by atoms with E-state index in [9.17, 15) is 4.79 Å². The molecule has 2 heterocycles. The summed E-state index contributed by atoms with van der Waals surface area (Å²) in [6.07, 6.45) is 0.626. The molecule has 0 spiro atoms. The Morgan fingerprint density at radius 3 is 2.59 bits per heavy atom. The van der Waals surface area contributed by atoms with Gasteiger partial charge >= 0.3 is 0 Å². The minimum Gasteiger partial charge on any atom is -0.459 e. The number of carbonyl (C=O) groups is 1. The Labute approximate surface area is 157 Å². The van der Waals surface area contributed by atoms with Crippen LogP contribution in [-0.2, 0) is 6.42 Å². The summed E-state index contributed by atoms with van der Waals surface area (Å²) in [6.45, 7) is 3.70. The quantitative estimate of drug-likeness (QED) is 0.554. The highest BCUT2D eigenvalue weighted by molar-refractivity contribution is 5.96. The minimum atomic E-state index is -0.412. The summed E-state index contributed by atoms with van der Waals surface area (Å²) in [7, 11) is 0. The molecule has 0 unspecified atom stereocenters. The highest BCUT2D eigenvalue weighted by Crippen LogP contribution is 2.29. The number of hydrogen-bond donors (Lipinski definition) is 1. The first-order valence-electron chi connectivity index (χ1n) is 8.96. The van der Waals surface area contributed by atoms with Gasteiger partial charge in [-0.05, 0) is 31.0 Å². The monoisotopic (exact) mass is 360 g/mol. The number of amides is 1. The molecule has 2 aromatic heterocycles. The Hall–Kier alpha value is -3.34. The number of carbonyl (C=O) groups excluding carboxylic acids is 1. The third-order valence-electron chi connectivity index (χ3n) is 4.63. The van der Waals surface area contributed by atoms with Crippen LogP contribution in [0.2, 0.25) is 0 Å². The fraction of sp³-hybridized carbons (Fsp3) is 0.182. The topological polar surface area (TPSA) is 68.3 Å². The lowest BCUT2D eigenvalue weighted by Crippen LogP contribution is -2.30. The predicted octanol–water partition coefficient (Wildman–Crippen LogP) is 4.81. The van der Waals surface area contributed by atoms with Crippen LogP contribution >= 0.6 is 0 Å². The number of nitrogens with one attached hydrogen (secondary N) is 1. The molecule has 1 N–H and O–H groups in total. The number of nitrogens with zero attached hydrogens (tertiary/aromatic N) is 1. The van der Waals surface area contributed by atoms with Gasteiger partial charge in [-0.3, -0.25) is 4.79 Å². The smallest absolute Gasteiger partial charge is 0.257 e. The van der Waals surface area contributed by atoms with Gasteiger partial charge in [-0.25, -0.2) is 0 Å². The van der Waals surface area contributed by atoms with E-state index in [2.05, 4.69) is 10.5 Å². The molecule has 27 heavy (non-hydrogen) atoms. The average molecular weight is 360 g/mol. The van der Waals surface area contributed by atoms with Crippen LogP contribution in [0.5, 0.6) is 0 Å². The zero-order valence-electron chi connectivity index (χ0n) is 15.2. The summed E-state index contributed by atoms with van der Waals surface area (Å²) < 4.78 is 11.3. The number of para-hydroxylation sites is 1. The Balaban J connectivity index is 1.74. The molecule has 0 aliphatic rings. The molecule has 1 atom stereocenters. The Morgan fingerprint density at radius 2 is 1.85 bits per heavy atom. The molecule has 1 amide bonds. The van der Waals surface area contributed by atoms with E-state index >= 15 is 0 Å². The van der Waals surface area contributed by atoms with Crippen molar-refractivity contribution in [2.24, 2.45) is 0 Å². The van der Waals surface area contributed by atoms with Crippen molar-refractivity contribution in [2.45, 2.75) is 26.3 Å². The molecular weight excluding hydrogens is 340 g/mol. The van der Waals surface area contributed by atoms with Gasteiger partial charge in [0, 0.05) is 5.39 Å². The van der Waals surface area contributed by atoms with Crippen LogP contribution in [0.3, 0.4) is 0 Å². The fourth-order valence-electron chi connectivity index (χ4n) is 3.26. The van der Waals surface area contributed by atoms with Crippen molar-refractivity contribution in [3.63, 3.8) is 0 Å². The minimum absolute atomic E-state index is 0.222. The Bertz CT molecular complexity index is 1050. The molecule has 4 aromatic rings. The van der Waals surface area contributed by atoms with E-state index in [1.54, 1.807) is 6.92 Å². The third-order valence-corrected chi connectivity index (χ3v) is 4.63. The van der Waals surface area contributed by atoms with Crippen LogP contribution in [-0.4, -0.2) is 11.1 Å². The number of benzene rings is 2. The van der Waals surface area contributed by atoms with Gasteiger partial charge in [0.15, 0.2) is 0 Å². The van der Waals surface area contributed by atoms with E-state index in [0.717, 1.165) is 16.5 Å². The normalized spacial score (nSPS) is 12.2. The zero-order chi connectivity index (χ0) is 18.8. The molecule has 0 bridgehead atoms. The maximum absolute atomic E-state index is 13.0. The van der Waals surface area contributed by atoms with Crippen LogP contribution in [0.4, 0.5) is 0 Å². The van der Waals surface area contributed by atoms with Gasteiger partial charge in [0.25, 0.3) is 5.91 Å². The van der Waals surface area contributed by atoms with Crippen molar-refractivity contribution in [1.82, 2.24) is 10.5 Å². The number of rotatable bonds is 5. The molecule has 4 rings (SSSR count). The van der Waals surface area contributed by atoms with Crippen molar-refractivity contribution in [3.8, 4) is 0 Å². The number of aromatic nitrogens is 1. The van der Waals surface area contributed by atoms with Gasteiger partial charge in [0.2, 0.25) is 0 Å². The Kier molecular flexibility index (Phi) is 4.50. The van der Waals surface area contributed by atoms with E-state index in [1.807, 2.05) is 67.6 Å². The highest BCUT2D eigenvalue weighted by Gasteiger charge is 2.25. The maximum Gasteiger partial charge on any atom is 0.257 e.